The minimum atomic E-state index is 0.545. The summed E-state index contributed by atoms with van der Waals surface area (Å²) in [6, 6.07) is 64.1. The monoisotopic (exact) mass is 714 g/mol. The zero-order valence-electron chi connectivity index (χ0n) is 30.0. The van der Waals surface area contributed by atoms with Crippen molar-refractivity contribution in [2.24, 2.45) is 0 Å². The third-order valence-corrected chi connectivity index (χ3v) is 11.2. The Bertz CT molecular complexity index is 3460. The quantitative estimate of drug-likeness (QED) is 0.182. The number of fused-ring (bicyclic) bond motifs is 9. The molecule has 5 nitrogen and oxygen atoms in total. The molecule has 260 valence electrons. The topological polar surface area (TPSA) is 56.7 Å². The Morgan fingerprint density at radius 2 is 0.893 bits per heavy atom. The van der Waals surface area contributed by atoms with Crippen LogP contribution in [0.25, 0.3) is 116 Å². The smallest absolute Gasteiger partial charge is 0.167 e. The molecule has 5 heteroatoms. The molecule has 9 aromatic carbocycles. The second-order valence-corrected chi connectivity index (χ2v) is 14.5. The van der Waals surface area contributed by atoms with Crippen LogP contribution in [0, 0.1) is 0 Å². The molecule has 0 saturated heterocycles. The highest BCUT2D eigenvalue weighted by molar-refractivity contribution is 6.15. The van der Waals surface area contributed by atoms with Crippen LogP contribution in [0.15, 0.2) is 186 Å². The highest BCUT2D eigenvalue weighted by Crippen LogP contribution is 2.41. The Kier molecular flexibility index (Phi) is 6.56. The molecular formula is C51H30N4O. The predicted molar refractivity (Wildman–Crippen MR) is 230 cm³/mol. The highest BCUT2D eigenvalue weighted by Gasteiger charge is 2.22. The van der Waals surface area contributed by atoms with Gasteiger partial charge in [0.1, 0.15) is 11.2 Å². The lowest BCUT2D eigenvalue weighted by atomic mass is 10.0. The van der Waals surface area contributed by atoms with Crippen molar-refractivity contribution in [2.75, 3.05) is 0 Å². The van der Waals surface area contributed by atoms with E-state index in [0.29, 0.717) is 17.5 Å². The van der Waals surface area contributed by atoms with Crippen molar-refractivity contribution in [1.29, 1.82) is 0 Å². The summed E-state index contributed by atoms with van der Waals surface area (Å²) in [4.78, 5) is 15.7. The maximum Gasteiger partial charge on any atom is 0.167 e. The fourth-order valence-electron chi connectivity index (χ4n) is 8.45. The molecule has 0 bridgehead atoms. The minimum absolute atomic E-state index is 0.545. The summed E-state index contributed by atoms with van der Waals surface area (Å²) in [5.74, 6) is 1.74. The third-order valence-electron chi connectivity index (χ3n) is 11.2. The van der Waals surface area contributed by atoms with Gasteiger partial charge in [0, 0.05) is 38.4 Å². The summed E-state index contributed by atoms with van der Waals surface area (Å²) in [6.07, 6.45) is 0. The van der Waals surface area contributed by atoms with Gasteiger partial charge in [-0.1, -0.05) is 133 Å². The van der Waals surface area contributed by atoms with Crippen molar-refractivity contribution in [2.45, 2.75) is 0 Å². The minimum Gasteiger partial charge on any atom is -0.455 e. The zero-order chi connectivity index (χ0) is 36.7. The highest BCUT2D eigenvalue weighted by atomic mass is 16.3. The second-order valence-electron chi connectivity index (χ2n) is 14.5. The molecule has 3 heterocycles. The van der Waals surface area contributed by atoms with Gasteiger partial charge in [0.05, 0.1) is 16.6 Å². The molecule has 0 aliphatic heterocycles. The van der Waals surface area contributed by atoms with Crippen LogP contribution < -0.4 is 0 Å². The van der Waals surface area contributed by atoms with Gasteiger partial charge in [-0.15, -0.1) is 0 Å². The Balaban J connectivity index is 1.17. The number of hydrogen-bond acceptors (Lipinski definition) is 4. The summed E-state index contributed by atoms with van der Waals surface area (Å²) < 4.78 is 9.11. The maximum atomic E-state index is 6.74. The standard InChI is InChI=1S/C51H30N4O/c1-3-13-33-25-37(23-21-31(33)11-1)49-52-50(38-24-22-32-12-2-4-14-34(32)26-38)54-51(53-49)44-30-39(29-43-41-18-8-10-20-47(41)56-48(43)44)55-45-19-9-7-17-40(45)42-27-35-15-5-6-16-36(35)28-46(42)55/h1-30H. The van der Waals surface area contributed by atoms with Crippen LogP contribution in [0.4, 0.5) is 0 Å². The van der Waals surface area contributed by atoms with Crippen LogP contribution in [-0.4, -0.2) is 19.5 Å². The van der Waals surface area contributed by atoms with Crippen LogP contribution in [0.1, 0.15) is 0 Å². The molecule has 3 aromatic heterocycles. The molecule has 0 saturated carbocycles. The number of aromatic nitrogens is 4. The van der Waals surface area contributed by atoms with Crippen molar-refractivity contribution in [3.05, 3.63) is 182 Å². The van der Waals surface area contributed by atoms with Crippen molar-refractivity contribution in [3.63, 3.8) is 0 Å². The van der Waals surface area contributed by atoms with Crippen molar-refractivity contribution in [1.82, 2.24) is 19.5 Å². The van der Waals surface area contributed by atoms with Crippen molar-refractivity contribution < 1.29 is 4.42 Å². The molecular weight excluding hydrogens is 685 g/mol. The fourth-order valence-corrected chi connectivity index (χ4v) is 8.45. The van der Waals surface area contributed by atoms with Gasteiger partial charge < -0.3 is 8.98 Å². The van der Waals surface area contributed by atoms with Gasteiger partial charge >= 0.3 is 0 Å². The molecule has 0 aliphatic carbocycles. The number of benzene rings is 9. The molecule has 0 radical (unpaired) electrons. The SMILES string of the molecule is c1ccc2cc(-c3nc(-c4ccc5ccccc5c4)nc(-c4cc(-n5c6ccccc6c6cc7ccccc7cc65)cc5c4oc4ccccc45)n3)ccc2c1. The van der Waals surface area contributed by atoms with E-state index < -0.39 is 0 Å². The number of rotatable bonds is 4. The van der Waals surface area contributed by atoms with Crippen LogP contribution in [0.2, 0.25) is 0 Å². The molecule has 0 unspecified atom stereocenters. The lowest BCUT2D eigenvalue weighted by Gasteiger charge is -2.13. The van der Waals surface area contributed by atoms with E-state index in [2.05, 4.69) is 174 Å². The summed E-state index contributed by atoms with van der Waals surface area (Å²) in [6.45, 7) is 0. The number of para-hydroxylation sites is 2. The average Bonchev–Trinajstić information content (AvgIpc) is 3.80. The Morgan fingerprint density at radius 3 is 1.57 bits per heavy atom. The van der Waals surface area contributed by atoms with Gasteiger partial charge in [-0.25, -0.2) is 15.0 Å². The molecule has 0 fully saturated rings. The number of hydrogen-bond donors (Lipinski definition) is 0. The summed E-state index contributed by atoms with van der Waals surface area (Å²) in [7, 11) is 0. The van der Waals surface area contributed by atoms with Gasteiger partial charge in [0.15, 0.2) is 17.5 Å². The first-order valence-corrected chi connectivity index (χ1v) is 18.8. The van der Waals surface area contributed by atoms with E-state index in [4.69, 9.17) is 19.4 Å². The van der Waals surface area contributed by atoms with Gasteiger partial charge in [0.25, 0.3) is 0 Å². The first-order valence-electron chi connectivity index (χ1n) is 18.8. The molecule has 56 heavy (non-hydrogen) atoms. The summed E-state index contributed by atoms with van der Waals surface area (Å²) >= 11 is 0. The first kappa shape index (κ1) is 30.8. The van der Waals surface area contributed by atoms with E-state index in [1.807, 2.05) is 12.1 Å². The van der Waals surface area contributed by atoms with Crippen LogP contribution in [0.3, 0.4) is 0 Å². The van der Waals surface area contributed by atoms with E-state index in [9.17, 15) is 0 Å². The van der Waals surface area contributed by atoms with Crippen molar-refractivity contribution in [3.8, 4) is 39.9 Å². The lowest BCUT2D eigenvalue weighted by Crippen LogP contribution is -2.02. The van der Waals surface area contributed by atoms with E-state index in [1.165, 1.54) is 21.5 Å². The molecule has 12 aromatic rings. The summed E-state index contributed by atoms with van der Waals surface area (Å²) in [5, 5.41) is 11.4. The molecule has 0 atom stereocenters. The molecule has 0 amide bonds. The zero-order valence-corrected chi connectivity index (χ0v) is 30.0. The molecule has 0 N–H and O–H groups in total. The van der Waals surface area contributed by atoms with E-state index >= 15 is 0 Å². The van der Waals surface area contributed by atoms with E-state index in [-0.39, 0.29) is 0 Å². The van der Waals surface area contributed by atoms with Crippen LogP contribution in [0.5, 0.6) is 0 Å². The summed E-state index contributed by atoms with van der Waals surface area (Å²) in [5.41, 5.74) is 7.44. The lowest BCUT2D eigenvalue weighted by molar-refractivity contribution is 0.669. The third kappa shape index (κ3) is 4.78. The van der Waals surface area contributed by atoms with E-state index in [1.54, 1.807) is 0 Å². The van der Waals surface area contributed by atoms with E-state index in [0.717, 1.165) is 76.9 Å². The fraction of sp³-hybridized carbons (Fsp3) is 0. The molecule has 12 rings (SSSR count). The Morgan fingerprint density at radius 1 is 0.357 bits per heavy atom. The number of nitrogens with zero attached hydrogens (tertiary/aromatic N) is 4. The van der Waals surface area contributed by atoms with Crippen LogP contribution in [-0.2, 0) is 0 Å². The normalized spacial score (nSPS) is 11.9. The van der Waals surface area contributed by atoms with Gasteiger partial charge in [-0.2, -0.15) is 0 Å². The van der Waals surface area contributed by atoms with Gasteiger partial charge in [-0.05, 0) is 80.8 Å². The molecule has 0 aliphatic rings. The van der Waals surface area contributed by atoms with Gasteiger partial charge in [-0.3, -0.25) is 0 Å². The maximum absolute atomic E-state index is 6.74. The predicted octanol–water partition coefficient (Wildman–Crippen LogP) is 13.3. The van der Waals surface area contributed by atoms with Gasteiger partial charge in [0.2, 0.25) is 0 Å². The Hall–Kier alpha value is -7.63. The Labute approximate surface area is 320 Å². The number of furan rings is 1. The largest absolute Gasteiger partial charge is 0.455 e. The second kappa shape index (κ2) is 11.9. The van der Waals surface area contributed by atoms with Crippen molar-refractivity contribution >= 4 is 76.1 Å². The molecule has 0 spiro atoms. The first-order chi connectivity index (χ1) is 27.7. The average molecular weight is 715 g/mol. The van der Waals surface area contributed by atoms with Crippen LogP contribution >= 0.6 is 0 Å².